The van der Waals surface area contributed by atoms with Crippen molar-refractivity contribution in [1.29, 1.82) is 0 Å². The molecule has 0 amide bonds. The van der Waals surface area contributed by atoms with E-state index in [1.54, 1.807) is 12.1 Å². The van der Waals surface area contributed by atoms with Crippen molar-refractivity contribution in [2.45, 2.75) is 0 Å². The molecule has 0 N–H and O–H groups in total. The van der Waals surface area contributed by atoms with E-state index in [2.05, 4.69) is 5.10 Å². The molecule has 1 aromatic carbocycles. The van der Waals surface area contributed by atoms with Crippen LogP contribution in [0.2, 0.25) is 0 Å². The summed E-state index contributed by atoms with van der Waals surface area (Å²) < 4.78 is 4.96. The maximum absolute atomic E-state index is 10.4. The summed E-state index contributed by atoms with van der Waals surface area (Å²) in [6.07, 6.45) is 1.43. The second kappa shape index (κ2) is 5.13. The van der Waals surface area contributed by atoms with Gasteiger partial charge < -0.3 is 4.42 Å². The minimum Gasteiger partial charge on any atom is -0.400 e. The number of nitro groups is 1. The molecule has 0 aliphatic rings. The first-order chi connectivity index (χ1) is 8.66. The Bertz CT molecular complexity index is 563. The molecule has 1 heterocycles. The van der Waals surface area contributed by atoms with Crippen LogP contribution in [0, 0.1) is 10.1 Å². The summed E-state index contributed by atoms with van der Waals surface area (Å²) in [7, 11) is 1.78. The van der Waals surface area contributed by atoms with Crippen LogP contribution >= 0.6 is 0 Å². The number of hydrogen-bond acceptors (Lipinski definition) is 5. The molecule has 0 radical (unpaired) electrons. The normalized spacial score (nSPS) is 10.7. The van der Waals surface area contributed by atoms with Crippen LogP contribution in [0.1, 0.15) is 5.76 Å². The van der Waals surface area contributed by atoms with Gasteiger partial charge in [0.05, 0.1) is 18.0 Å². The van der Waals surface area contributed by atoms with Crippen LogP contribution in [0.15, 0.2) is 52.0 Å². The fourth-order valence-corrected chi connectivity index (χ4v) is 1.36. The number of furan rings is 1. The van der Waals surface area contributed by atoms with Crippen LogP contribution in [-0.2, 0) is 0 Å². The quantitative estimate of drug-likeness (QED) is 0.471. The van der Waals surface area contributed by atoms with Crippen LogP contribution < -0.4 is 5.01 Å². The Labute approximate surface area is 103 Å². The first-order valence-corrected chi connectivity index (χ1v) is 5.24. The molecule has 6 nitrogen and oxygen atoms in total. The van der Waals surface area contributed by atoms with Crippen molar-refractivity contribution in [1.82, 2.24) is 0 Å². The predicted octanol–water partition coefficient (Wildman–Crippen LogP) is 2.66. The maximum Gasteiger partial charge on any atom is 0.433 e. The van der Waals surface area contributed by atoms with Crippen LogP contribution in [0.5, 0.6) is 0 Å². The molecule has 18 heavy (non-hydrogen) atoms. The van der Waals surface area contributed by atoms with E-state index in [-0.39, 0.29) is 5.88 Å². The van der Waals surface area contributed by atoms with Crippen molar-refractivity contribution in [2.75, 3.05) is 12.1 Å². The Kier molecular flexibility index (Phi) is 3.38. The van der Waals surface area contributed by atoms with Crippen LogP contribution in [0.25, 0.3) is 0 Å². The molecule has 0 spiro atoms. The van der Waals surface area contributed by atoms with E-state index in [1.807, 2.05) is 30.3 Å². The Hall–Kier alpha value is -2.63. The second-order valence-electron chi connectivity index (χ2n) is 3.54. The Morgan fingerprint density at radius 3 is 2.61 bits per heavy atom. The number of benzene rings is 1. The predicted molar refractivity (Wildman–Crippen MR) is 67.8 cm³/mol. The van der Waals surface area contributed by atoms with Crippen LogP contribution in [-0.4, -0.2) is 18.2 Å². The third kappa shape index (κ3) is 2.73. The third-order valence-corrected chi connectivity index (χ3v) is 2.28. The van der Waals surface area contributed by atoms with Gasteiger partial charge in [0.1, 0.15) is 4.92 Å². The van der Waals surface area contributed by atoms with Gasteiger partial charge in [-0.2, -0.15) is 5.10 Å². The first kappa shape index (κ1) is 11.8. The number of anilines is 1. The van der Waals surface area contributed by atoms with E-state index in [4.69, 9.17) is 4.42 Å². The molecule has 0 atom stereocenters. The average molecular weight is 245 g/mol. The highest BCUT2D eigenvalue weighted by Crippen LogP contribution is 2.15. The zero-order valence-corrected chi connectivity index (χ0v) is 9.69. The van der Waals surface area contributed by atoms with Crippen molar-refractivity contribution in [3.63, 3.8) is 0 Å². The van der Waals surface area contributed by atoms with Gasteiger partial charge in [-0.3, -0.25) is 15.1 Å². The van der Waals surface area contributed by atoms with Gasteiger partial charge in [-0.05, 0) is 18.2 Å². The minimum atomic E-state index is -0.585. The molecule has 2 aromatic rings. The smallest absolute Gasteiger partial charge is 0.400 e. The van der Waals surface area contributed by atoms with Gasteiger partial charge in [-0.1, -0.05) is 18.2 Å². The number of rotatable bonds is 4. The van der Waals surface area contributed by atoms with Gasteiger partial charge in [-0.25, -0.2) is 0 Å². The molecule has 6 heteroatoms. The lowest BCUT2D eigenvalue weighted by atomic mass is 10.3. The summed E-state index contributed by atoms with van der Waals surface area (Å²) in [6.45, 7) is 0. The molecule has 0 saturated carbocycles. The first-order valence-electron chi connectivity index (χ1n) is 5.24. The topological polar surface area (TPSA) is 71.9 Å². The summed E-state index contributed by atoms with van der Waals surface area (Å²) in [5.74, 6) is 0.0447. The monoisotopic (exact) mass is 245 g/mol. The summed E-state index contributed by atoms with van der Waals surface area (Å²) in [5, 5.41) is 16.2. The minimum absolute atomic E-state index is 0.293. The van der Waals surface area contributed by atoms with Crippen LogP contribution in [0.3, 0.4) is 0 Å². The molecular weight excluding hydrogens is 234 g/mol. The summed E-state index contributed by atoms with van der Waals surface area (Å²) >= 11 is 0. The molecular formula is C12H11N3O3. The van der Waals surface area contributed by atoms with E-state index < -0.39 is 4.92 Å². The maximum atomic E-state index is 10.4. The van der Waals surface area contributed by atoms with E-state index in [0.29, 0.717) is 5.76 Å². The zero-order chi connectivity index (χ0) is 13.0. The molecule has 0 bridgehead atoms. The third-order valence-electron chi connectivity index (χ3n) is 2.28. The van der Waals surface area contributed by atoms with E-state index in [0.717, 1.165) is 5.69 Å². The van der Waals surface area contributed by atoms with Crippen molar-refractivity contribution < 1.29 is 9.34 Å². The lowest BCUT2D eigenvalue weighted by Gasteiger charge is -2.11. The number of para-hydroxylation sites is 1. The fourth-order valence-electron chi connectivity index (χ4n) is 1.36. The summed E-state index contributed by atoms with van der Waals surface area (Å²) in [5.41, 5.74) is 0.912. The molecule has 0 fully saturated rings. The van der Waals surface area contributed by atoms with Gasteiger partial charge in [0.15, 0.2) is 5.76 Å². The fraction of sp³-hybridized carbons (Fsp3) is 0.0833. The average Bonchev–Trinajstić information content (AvgIpc) is 2.86. The molecule has 2 rings (SSSR count). The highest BCUT2D eigenvalue weighted by atomic mass is 16.6. The summed E-state index contributed by atoms with van der Waals surface area (Å²) in [6, 6.07) is 12.3. The Morgan fingerprint density at radius 1 is 1.28 bits per heavy atom. The Balaban J connectivity index is 2.08. The van der Waals surface area contributed by atoms with Gasteiger partial charge in [0.25, 0.3) is 0 Å². The van der Waals surface area contributed by atoms with Crippen molar-refractivity contribution in [3.8, 4) is 0 Å². The molecule has 0 saturated heterocycles. The number of hydrazone groups is 1. The lowest BCUT2D eigenvalue weighted by Crippen LogP contribution is -2.08. The van der Waals surface area contributed by atoms with Gasteiger partial charge >= 0.3 is 5.88 Å². The van der Waals surface area contributed by atoms with Gasteiger partial charge in [-0.15, -0.1) is 0 Å². The molecule has 92 valence electrons. The highest BCUT2D eigenvalue weighted by Gasteiger charge is 2.10. The molecule has 0 aliphatic heterocycles. The largest absolute Gasteiger partial charge is 0.433 e. The van der Waals surface area contributed by atoms with E-state index in [9.17, 15) is 10.1 Å². The number of nitrogens with zero attached hydrogens (tertiary/aromatic N) is 3. The zero-order valence-electron chi connectivity index (χ0n) is 9.69. The molecule has 0 unspecified atom stereocenters. The molecule has 0 aliphatic carbocycles. The van der Waals surface area contributed by atoms with Crippen LogP contribution in [0.4, 0.5) is 11.6 Å². The van der Waals surface area contributed by atoms with Crippen molar-refractivity contribution in [2.24, 2.45) is 5.10 Å². The standard InChI is InChI=1S/C12H11N3O3/c1-14(10-5-3-2-4-6-10)13-9-11-7-8-12(18-11)15(16)17/h2-9H,1H3/b13-9-. The summed E-state index contributed by atoms with van der Waals surface area (Å²) in [4.78, 5) is 9.85. The SMILES string of the molecule is CN(/N=C\c1ccc([N+](=O)[O-])o1)c1ccccc1. The van der Waals surface area contributed by atoms with Crippen molar-refractivity contribution >= 4 is 17.8 Å². The lowest BCUT2D eigenvalue weighted by molar-refractivity contribution is -0.402. The van der Waals surface area contributed by atoms with Gasteiger partial charge in [0.2, 0.25) is 0 Å². The van der Waals surface area contributed by atoms with Crippen molar-refractivity contribution in [3.05, 3.63) is 58.3 Å². The van der Waals surface area contributed by atoms with E-state index in [1.165, 1.54) is 18.3 Å². The molecule has 1 aromatic heterocycles. The second-order valence-corrected chi connectivity index (χ2v) is 3.54. The van der Waals surface area contributed by atoms with E-state index >= 15 is 0 Å². The Morgan fingerprint density at radius 2 is 2.00 bits per heavy atom. The van der Waals surface area contributed by atoms with Gasteiger partial charge in [0, 0.05) is 7.05 Å². The number of hydrogen-bond donors (Lipinski definition) is 0. The highest BCUT2D eigenvalue weighted by molar-refractivity contribution is 5.77.